The molecule has 0 radical (unpaired) electrons. The Morgan fingerprint density at radius 1 is 0.974 bits per heavy atom. The summed E-state index contributed by atoms with van der Waals surface area (Å²) in [6.07, 6.45) is 1.72. The molecule has 10 heteroatoms. The van der Waals surface area contributed by atoms with Crippen molar-refractivity contribution in [1.29, 1.82) is 0 Å². The molecule has 0 aromatic heterocycles. The number of nitrogens with zero attached hydrogens (tertiary/aromatic N) is 2. The van der Waals surface area contributed by atoms with Crippen LogP contribution in [0.25, 0.3) is 0 Å². The van der Waals surface area contributed by atoms with E-state index >= 15 is 0 Å². The first-order valence-corrected chi connectivity index (χ1v) is 14.9. The zero-order chi connectivity index (χ0) is 28.6. The molecule has 0 aliphatic heterocycles. The summed E-state index contributed by atoms with van der Waals surface area (Å²) in [6.45, 7) is 5.62. The highest BCUT2D eigenvalue weighted by Crippen LogP contribution is 2.33. The van der Waals surface area contributed by atoms with E-state index in [1.54, 1.807) is 25.1 Å². The van der Waals surface area contributed by atoms with Gasteiger partial charge in [-0.3, -0.25) is 13.9 Å². The van der Waals surface area contributed by atoms with Gasteiger partial charge in [0.2, 0.25) is 11.8 Å². The molecule has 208 valence electrons. The van der Waals surface area contributed by atoms with Crippen LogP contribution < -0.4 is 9.62 Å². The number of rotatable bonds is 12. The number of sulfonamides is 1. The van der Waals surface area contributed by atoms with Gasteiger partial charge in [-0.1, -0.05) is 84.6 Å². The van der Waals surface area contributed by atoms with E-state index in [1.165, 1.54) is 35.2 Å². The van der Waals surface area contributed by atoms with Gasteiger partial charge in [0.1, 0.15) is 12.6 Å². The second-order valence-electron chi connectivity index (χ2n) is 9.25. The van der Waals surface area contributed by atoms with Crippen LogP contribution in [-0.4, -0.2) is 44.3 Å². The Balaban J connectivity index is 2.02. The van der Waals surface area contributed by atoms with Crippen LogP contribution in [0.2, 0.25) is 10.0 Å². The molecule has 0 fully saturated rings. The van der Waals surface area contributed by atoms with Crippen LogP contribution >= 0.6 is 23.2 Å². The van der Waals surface area contributed by atoms with Crippen LogP contribution in [0.1, 0.15) is 37.8 Å². The van der Waals surface area contributed by atoms with E-state index in [9.17, 15) is 18.0 Å². The molecule has 0 unspecified atom stereocenters. The maximum atomic E-state index is 13.9. The van der Waals surface area contributed by atoms with Crippen molar-refractivity contribution in [2.45, 2.75) is 51.1 Å². The first-order valence-electron chi connectivity index (χ1n) is 12.7. The summed E-state index contributed by atoms with van der Waals surface area (Å²) >= 11 is 12.6. The van der Waals surface area contributed by atoms with Crippen molar-refractivity contribution in [1.82, 2.24) is 10.2 Å². The van der Waals surface area contributed by atoms with Crippen LogP contribution in [0.5, 0.6) is 0 Å². The van der Waals surface area contributed by atoms with E-state index in [1.807, 2.05) is 38.1 Å². The monoisotopic (exact) mass is 589 g/mol. The number of halogens is 2. The molecule has 0 saturated carbocycles. The lowest BCUT2D eigenvalue weighted by Gasteiger charge is -2.32. The molecule has 39 heavy (non-hydrogen) atoms. The molecule has 3 rings (SSSR count). The van der Waals surface area contributed by atoms with Crippen molar-refractivity contribution < 1.29 is 18.0 Å². The molecule has 0 heterocycles. The predicted octanol–water partition coefficient (Wildman–Crippen LogP) is 5.83. The van der Waals surface area contributed by atoms with Crippen molar-refractivity contribution in [3.63, 3.8) is 0 Å². The topological polar surface area (TPSA) is 86.8 Å². The van der Waals surface area contributed by atoms with Gasteiger partial charge < -0.3 is 10.2 Å². The van der Waals surface area contributed by atoms with E-state index in [4.69, 9.17) is 23.2 Å². The fourth-order valence-electron chi connectivity index (χ4n) is 3.92. The zero-order valence-electron chi connectivity index (χ0n) is 22.2. The predicted molar refractivity (Wildman–Crippen MR) is 157 cm³/mol. The molecule has 0 aliphatic carbocycles. The maximum absolute atomic E-state index is 13.9. The minimum absolute atomic E-state index is 0.00992. The summed E-state index contributed by atoms with van der Waals surface area (Å²) in [5, 5.41) is 3.24. The minimum Gasteiger partial charge on any atom is -0.354 e. The third-order valence-electron chi connectivity index (χ3n) is 6.26. The van der Waals surface area contributed by atoms with Crippen molar-refractivity contribution in [2.24, 2.45) is 0 Å². The van der Waals surface area contributed by atoms with Crippen LogP contribution in [0.15, 0.2) is 77.7 Å². The third kappa shape index (κ3) is 7.97. The Morgan fingerprint density at radius 3 is 2.28 bits per heavy atom. The van der Waals surface area contributed by atoms with Crippen LogP contribution in [0, 0.1) is 6.92 Å². The van der Waals surface area contributed by atoms with E-state index in [0.717, 1.165) is 28.3 Å². The smallest absolute Gasteiger partial charge is 0.264 e. The number of hydrogen-bond acceptors (Lipinski definition) is 4. The normalized spacial score (nSPS) is 12.0. The van der Waals surface area contributed by atoms with Crippen LogP contribution in [0.3, 0.4) is 0 Å². The number of unbranched alkanes of at least 4 members (excludes halogenated alkanes) is 1. The number of hydrogen-bond donors (Lipinski definition) is 1. The fourth-order valence-corrected chi connectivity index (χ4v) is 5.80. The van der Waals surface area contributed by atoms with Crippen molar-refractivity contribution in [2.75, 3.05) is 17.4 Å². The lowest BCUT2D eigenvalue weighted by molar-refractivity contribution is -0.139. The van der Waals surface area contributed by atoms with Gasteiger partial charge in [-0.15, -0.1) is 0 Å². The van der Waals surface area contributed by atoms with Gasteiger partial charge in [-0.05, 0) is 56.2 Å². The molecule has 3 aromatic carbocycles. The Hall–Kier alpha value is -3.07. The average molecular weight is 591 g/mol. The first kappa shape index (κ1) is 30.5. The number of aryl methyl sites for hydroxylation is 1. The highest BCUT2D eigenvalue weighted by Gasteiger charge is 2.33. The number of anilines is 1. The van der Waals surface area contributed by atoms with E-state index in [2.05, 4.69) is 5.32 Å². The summed E-state index contributed by atoms with van der Waals surface area (Å²) in [5.74, 6) is -0.883. The minimum atomic E-state index is -4.22. The molecule has 0 saturated heterocycles. The molecule has 0 aliphatic rings. The van der Waals surface area contributed by atoms with E-state index in [-0.39, 0.29) is 33.1 Å². The molecule has 1 N–H and O–H groups in total. The summed E-state index contributed by atoms with van der Waals surface area (Å²) in [7, 11) is -4.22. The van der Waals surface area contributed by atoms with Gasteiger partial charge in [0.05, 0.1) is 15.6 Å². The van der Waals surface area contributed by atoms with Gasteiger partial charge in [0.25, 0.3) is 10.0 Å². The highest BCUT2D eigenvalue weighted by atomic mass is 35.5. The Bertz CT molecular complexity index is 1380. The van der Waals surface area contributed by atoms with Crippen LogP contribution in [-0.2, 0) is 26.2 Å². The summed E-state index contributed by atoms with van der Waals surface area (Å²) in [5.41, 5.74) is 1.93. The number of benzene rings is 3. The first-order chi connectivity index (χ1) is 18.5. The quantitative estimate of drug-likeness (QED) is 0.269. The Labute approximate surface area is 240 Å². The average Bonchev–Trinajstić information content (AvgIpc) is 2.92. The number of amides is 2. The number of carbonyl (C=O) groups is 2. The molecular formula is C29H33Cl2N3O4S. The summed E-state index contributed by atoms with van der Waals surface area (Å²) < 4.78 is 28.6. The Morgan fingerprint density at radius 2 is 1.64 bits per heavy atom. The molecule has 0 bridgehead atoms. The number of carbonyl (C=O) groups excluding carboxylic acids is 2. The van der Waals surface area contributed by atoms with E-state index in [0.29, 0.717) is 6.54 Å². The van der Waals surface area contributed by atoms with Crippen molar-refractivity contribution in [3.8, 4) is 0 Å². The van der Waals surface area contributed by atoms with E-state index < -0.39 is 28.5 Å². The summed E-state index contributed by atoms with van der Waals surface area (Å²) in [4.78, 5) is 28.3. The largest absolute Gasteiger partial charge is 0.354 e. The highest BCUT2D eigenvalue weighted by molar-refractivity contribution is 7.92. The van der Waals surface area contributed by atoms with Gasteiger partial charge >= 0.3 is 0 Å². The van der Waals surface area contributed by atoms with Gasteiger partial charge in [0.15, 0.2) is 0 Å². The molecule has 1 atom stereocenters. The third-order valence-corrected chi connectivity index (χ3v) is 8.59. The standard InChI is InChI=1S/C29H33Cl2N3O4S/c1-4-5-17-32-29(36)22(3)33(19-23-13-11-21(2)12-14-23)28(35)20-34(27-18-24(30)15-16-26(27)31)39(37,38)25-9-7-6-8-10-25/h6-16,18,22H,4-5,17,19-20H2,1-3H3,(H,32,36)/t22-/m0/s1. The second-order valence-corrected chi connectivity index (χ2v) is 12.0. The Kier molecular flexibility index (Phi) is 10.8. The lowest BCUT2D eigenvalue weighted by atomic mass is 10.1. The lowest BCUT2D eigenvalue weighted by Crippen LogP contribution is -2.51. The van der Waals surface area contributed by atoms with Crippen LogP contribution in [0.4, 0.5) is 5.69 Å². The van der Waals surface area contributed by atoms with Gasteiger partial charge in [0, 0.05) is 18.1 Å². The number of nitrogens with one attached hydrogen (secondary N) is 1. The zero-order valence-corrected chi connectivity index (χ0v) is 24.6. The molecule has 3 aromatic rings. The maximum Gasteiger partial charge on any atom is 0.264 e. The molecular weight excluding hydrogens is 557 g/mol. The van der Waals surface area contributed by atoms with Crippen molar-refractivity contribution >= 4 is 50.7 Å². The SMILES string of the molecule is CCCCNC(=O)[C@H](C)N(Cc1ccc(C)cc1)C(=O)CN(c1cc(Cl)ccc1Cl)S(=O)(=O)c1ccccc1. The molecule has 0 spiro atoms. The second kappa shape index (κ2) is 13.8. The van der Waals surface area contributed by atoms with Crippen molar-refractivity contribution in [3.05, 3.63) is 94.0 Å². The van der Waals surface area contributed by atoms with Gasteiger partial charge in [-0.25, -0.2) is 8.42 Å². The molecule has 2 amide bonds. The summed E-state index contributed by atoms with van der Waals surface area (Å²) in [6, 6.07) is 18.9. The van der Waals surface area contributed by atoms with Gasteiger partial charge in [-0.2, -0.15) is 0 Å². The fraction of sp³-hybridized carbons (Fsp3) is 0.310. The molecule has 7 nitrogen and oxygen atoms in total.